The van der Waals surface area contributed by atoms with Crippen molar-refractivity contribution in [1.82, 2.24) is 14.4 Å². The lowest BCUT2D eigenvalue weighted by Gasteiger charge is -1.95. The topological polar surface area (TPSA) is 30.2 Å². The second-order valence-corrected chi connectivity index (χ2v) is 4.89. The van der Waals surface area contributed by atoms with E-state index in [1.807, 2.05) is 16.8 Å². The molecule has 2 aromatic heterocycles. The van der Waals surface area contributed by atoms with Crippen LogP contribution in [0.4, 0.5) is 0 Å². The molecule has 0 aliphatic carbocycles. The lowest BCUT2D eigenvalue weighted by atomic mass is 10.1. The minimum absolute atomic E-state index is 0.712. The van der Waals surface area contributed by atoms with Gasteiger partial charge in [-0.2, -0.15) is 0 Å². The summed E-state index contributed by atoms with van der Waals surface area (Å²) in [5, 5.41) is 0. The first-order valence-corrected chi connectivity index (χ1v) is 6.09. The summed E-state index contributed by atoms with van der Waals surface area (Å²) in [6, 6.07) is 8.32. The van der Waals surface area contributed by atoms with Gasteiger partial charge in [0, 0.05) is 24.2 Å². The zero-order chi connectivity index (χ0) is 11.8. The maximum absolute atomic E-state index is 4.48. The Morgan fingerprint density at radius 2 is 1.88 bits per heavy atom. The van der Waals surface area contributed by atoms with E-state index < -0.39 is 0 Å². The number of aryl methyl sites for hydroxylation is 1. The molecule has 0 amide bonds. The zero-order valence-corrected chi connectivity index (χ0v) is 10.8. The molecule has 3 aromatic rings. The third-order valence-corrected chi connectivity index (χ3v) is 3.04. The van der Waals surface area contributed by atoms with Crippen LogP contribution in [0.3, 0.4) is 0 Å². The van der Waals surface area contributed by atoms with Crippen LogP contribution in [-0.2, 0) is 0 Å². The molecule has 0 aliphatic heterocycles. The number of nitrogens with zero attached hydrogens (tertiary/aromatic N) is 3. The second kappa shape index (κ2) is 3.96. The summed E-state index contributed by atoms with van der Waals surface area (Å²) in [6.45, 7) is 2.08. The number of halogens is 1. The van der Waals surface area contributed by atoms with E-state index in [9.17, 15) is 0 Å². The Morgan fingerprint density at radius 1 is 1.12 bits per heavy atom. The summed E-state index contributed by atoms with van der Waals surface area (Å²) in [5.41, 5.74) is 3.30. The van der Waals surface area contributed by atoms with E-state index >= 15 is 0 Å². The second-order valence-electron chi connectivity index (χ2n) is 3.97. The van der Waals surface area contributed by atoms with Crippen molar-refractivity contribution in [3.05, 3.63) is 52.9 Å². The monoisotopic (exact) mass is 287 g/mol. The van der Waals surface area contributed by atoms with E-state index in [0.29, 0.717) is 5.78 Å². The molecule has 0 bridgehead atoms. The number of hydrogen-bond donors (Lipinski definition) is 0. The molecule has 3 rings (SSSR count). The molecule has 0 saturated heterocycles. The molecular weight excluding hydrogens is 278 g/mol. The smallest absolute Gasteiger partial charge is 0.234 e. The fraction of sp³-hybridized carbons (Fsp3) is 0.0769. The van der Waals surface area contributed by atoms with Crippen LogP contribution >= 0.6 is 15.9 Å². The van der Waals surface area contributed by atoms with E-state index in [1.165, 1.54) is 5.56 Å². The van der Waals surface area contributed by atoms with Crippen LogP contribution in [0.25, 0.3) is 17.0 Å². The predicted octanol–water partition coefficient (Wildman–Crippen LogP) is 3.47. The molecule has 0 aliphatic rings. The summed E-state index contributed by atoms with van der Waals surface area (Å²) >= 11 is 3.40. The first-order valence-electron chi connectivity index (χ1n) is 5.30. The van der Waals surface area contributed by atoms with Crippen molar-refractivity contribution in [3.63, 3.8) is 0 Å². The van der Waals surface area contributed by atoms with Gasteiger partial charge >= 0.3 is 0 Å². The highest BCUT2D eigenvalue weighted by atomic mass is 79.9. The molecule has 4 heteroatoms. The van der Waals surface area contributed by atoms with Crippen molar-refractivity contribution < 1.29 is 0 Å². The van der Waals surface area contributed by atoms with Crippen LogP contribution in [-0.4, -0.2) is 14.4 Å². The largest absolute Gasteiger partial charge is 0.289 e. The number of aromatic nitrogens is 3. The molecule has 0 atom stereocenters. The SMILES string of the molecule is Cc1ccc(-c2cn3cc(Br)cnc3n2)cc1. The molecular formula is C13H10BrN3. The summed E-state index contributed by atoms with van der Waals surface area (Å²) < 4.78 is 2.86. The average Bonchev–Trinajstić information content (AvgIpc) is 2.72. The Bertz CT molecular complexity index is 671. The van der Waals surface area contributed by atoms with E-state index in [4.69, 9.17) is 0 Å². The van der Waals surface area contributed by atoms with E-state index in [-0.39, 0.29) is 0 Å². The van der Waals surface area contributed by atoms with Crippen molar-refractivity contribution >= 4 is 21.7 Å². The van der Waals surface area contributed by atoms with Crippen molar-refractivity contribution in [2.24, 2.45) is 0 Å². The fourth-order valence-electron chi connectivity index (χ4n) is 1.72. The summed E-state index contributed by atoms with van der Waals surface area (Å²) in [7, 11) is 0. The van der Waals surface area contributed by atoms with Crippen LogP contribution in [0, 0.1) is 6.92 Å². The van der Waals surface area contributed by atoms with E-state index in [0.717, 1.165) is 15.7 Å². The molecule has 0 N–H and O–H groups in total. The normalized spacial score (nSPS) is 10.9. The van der Waals surface area contributed by atoms with E-state index in [1.54, 1.807) is 6.20 Å². The highest BCUT2D eigenvalue weighted by Crippen LogP contribution is 2.19. The van der Waals surface area contributed by atoms with Crippen molar-refractivity contribution in [3.8, 4) is 11.3 Å². The third kappa shape index (κ3) is 1.96. The van der Waals surface area contributed by atoms with E-state index in [2.05, 4.69) is 57.1 Å². The average molecular weight is 288 g/mol. The van der Waals surface area contributed by atoms with Crippen LogP contribution in [0.15, 0.2) is 47.3 Å². The third-order valence-electron chi connectivity index (χ3n) is 2.63. The number of hydrogen-bond acceptors (Lipinski definition) is 2. The Balaban J connectivity index is 2.14. The zero-order valence-electron chi connectivity index (χ0n) is 9.26. The van der Waals surface area contributed by atoms with Crippen molar-refractivity contribution in [2.75, 3.05) is 0 Å². The predicted molar refractivity (Wildman–Crippen MR) is 70.9 cm³/mol. The first kappa shape index (κ1) is 10.5. The van der Waals surface area contributed by atoms with Crippen molar-refractivity contribution in [1.29, 1.82) is 0 Å². The lowest BCUT2D eigenvalue weighted by Crippen LogP contribution is -1.85. The van der Waals surface area contributed by atoms with Gasteiger partial charge in [0.2, 0.25) is 5.78 Å². The quantitative estimate of drug-likeness (QED) is 0.686. The Labute approximate surface area is 107 Å². The molecule has 0 saturated carbocycles. The summed E-state index contributed by atoms with van der Waals surface area (Å²) in [6.07, 6.45) is 5.69. The molecule has 0 spiro atoms. The number of fused-ring (bicyclic) bond motifs is 1. The Morgan fingerprint density at radius 3 is 2.65 bits per heavy atom. The highest BCUT2D eigenvalue weighted by Gasteiger charge is 2.04. The van der Waals surface area contributed by atoms with Gasteiger partial charge in [0.1, 0.15) is 0 Å². The molecule has 0 unspecified atom stereocenters. The minimum atomic E-state index is 0.712. The van der Waals surface area contributed by atoms with Gasteiger partial charge in [0.15, 0.2) is 0 Å². The Hall–Kier alpha value is -1.68. The molecule has 1 aromatic carbocycles. The number of benzene rings is 1. The standard InChI is InChI=1S/C13H10BrN3/c1-9-2-4-10(5-3-9)12-8-17-7-11(14)6-15-13(17)16-12/h2-8H,1H3. The van der Waals surface area contributed by atoms with Gasteiger partial charge in [-0.25, -0.2) is 9.97 Å². The first-order chi connectivity index (χ1) is 8.22. The van der Waals surface area contributed by atoms with Gasteiger partial charge in [-0.1, -0.05) is 29.8 Å². The Kier molecular flexibility index (Phi) is 2.44. The van der Waals surface area contributed by atoms with Gasteiger partial charge in [-0.15, -0.1) is 0 Å². The lowest BCUT2D eigenvalue weighted by molar-refractivity contribution is 1.10. The minimum Gasteiger partial charge on any atom is -0.289 e. The molecule has 2 heterocycles. The van der Waals surface area contributed by atoms with Gasteiger partial charge in [-0.3, -0.25) is 4.40 Å². The van der Waals surface area contributed by atoms with Gasteiger partial charge in [0.05, 0.1) is 10.2 Å². The molecule has 3 nitrogen and oxygen atoms in total. The number of rotatable bonds is 1. The van der Waals surface area contributed by atoms with Crippen LogP contribution < -0.4 is 0 Å². The molecule has 0 radical (unpaired) electrons. The molecule has 17 heavy (non-hydrogen) atoms. The van der Waals surface area contributed by atoms with Gasteiger partial charge in [-0.05, 0) is 22.9 Å². The fourth-order valence-corrected chi connectivity index (χ4v) is 2.05. The van der Waals surface area contributed by atoms with Gasteiger partial charge < -0.3 is 0 Å². The maximum atomic E-state index is 4.48. The summed E-state index contributed by atoms with van der Waals surface area (Å²) in [4.78, 5) is 8.73. The molecule has 0 fully saturated rings. The maximum Gasteiger partial charge on any atom is 0.234 e. The summed E-state index contributed by atoms with van der Waals surface area (Å²) in [5.74, 6) is 0.712. The van der Waals surface area contributed by atoms with Gasteiger partial charge in [0.25, 0.3) is 0 Å². The van der Waals surface area contributed by atoms with Crippen molar-refractivity contribution in [2.45, 2.75) is 6.92 Å². The van der Waals surface area contributed by atoms with Crippen LogP contribution in [0.5, 0.6) is 0 Å². The van der Waals surface area contributed by atoms with Crippen LogP contribution in [0.2, 0.25) is 0 Å². The number of imidazole rings is 1. The highest BCUT2D eigenvalue weighted by molar-refractivity contribution is 9.10. The van der Waals surface area contributed by atoms with Crippen LogP contribution in [0.1, 0.15) is 5.56 Å². The molecule has 84 valence electrons.